The molecule has 204 valence electrons. The van der Waals surface area contributed by atoms with Crippen LogP contribution in [-0.2, 0) is 21.4 Å². The Morgan fingerprint density at radius 1 is 1.30 bits per heavy atom. The molecule has 1 saturated carbocycles. The van der Waals surface area contributed by atoms with Gasteiger partial charge in [-0.25, -0.2) is 8.78 Å². The molecule has 37 heavy (non-hydrogen) atoms. The summed E-state index contributed by atoms with van der Waals surface area (Å²) in [7, 11) is 1.51. The van der Waals surface area contributed by atoms with Crippen molar-refractivity contribution >= 4 is 11.8 Å². The number of amides is 2. The third-order valence-corrected chi connectivity index (χ3v) is 5.96. The van der Waals surface area contributed by atoms with Crippen LogP contribution in [0.2, 0.25) is 0 Å². The van der Waals surface area contributed by atoms with Crippen molar-refractivity contribution < 1.29 is 41.4 Å². The van der Waals surface area contributed by atoms with Gasteiger partial charge in [-0.2, -0.15) is 8.78 Å². The fraction of sp³-hybridized carbons (Fsp3) is 0.542. The molecule has 9 nitrogen and oxygen atoms in total. The number of ether oxygens (including phenoxy) is 1. The van der Waals surface area contributed by atoms with Gasteiger partial charge in [0.25, 0.3) is 5.56 Å². The van der Waals surface area contributed by atoms with Crippen molar-refractivity contribution in [3.05, 3.63) is 58.4 Å². The number of aliphatic hydroxyl groups excluding tert-OH is 1. The van der Waals surface area contributed by atoms with Crippen molar-refractivity contribution in [2.24, 2.45) is 13.0 Å². The first-order valence-corrected chi connectivity index (χ1v) is 11.7. The van der Waals surface area contributed by atoms with Gasteiger partial charge in [0, 0.05) is 31.4 Å². The van der Waals surface area contributed by atoms with Crippen LogP contribution in [0, 0.1) is 5.92 Å². The van der Waals surface area contributed by atoms with Crippen LogP contribution in [0.15, 0.2) is 46.1 Å². The summed E-state index contributed by atoms with van der Waals surface area (Å²) in [5.41, 5.74) is 0.0406. The quantitative estimate of drug-likeness (QED) is 0.286. The maximum Gasteiger partial charge on any atom is 0.330 e. The number of aryl methyl sites for hydroxylation is 1. The zero-order valence-electron chi connectivity index (χ0n) is 20.1. The number of hydrogen-bond donors (Lipinski definition) is 2. The van der Waals surface area contributed by atoms with Gasteiger partial charge in [-0.1, -0.05) is 0 Å². The molecule has 2 unspecified atom stereocenters. The Balaban J connectivity index is 1.85. The fourth-order valence-electron chi connectivity index (χ4n) is 3.55. The van der Waals surface area contributed by atoms with E-state index >= 15 is 0 Å². The van der Waals surface area contributed by atoms with E-state index in [4.69, 9.17) is 4.42 Å². The minimum Gasteiger partial charge on any atom is -0.472 e. The Labute approximate surface area is 210 Å². The van der Waals surface area contributed by atoms with Crippen molar-refractivity contribution in [3.63, 3.8) is 0 Å². The van der Waals surface area contributed by atoms with E-state index in [1.165, 1.54) is 48.5 Å². The maximum absolute atomic E-state index is 13.3. The number of aromatic nitrogens is 1. The first-order chi connectivity index (χ1) is 17.5. The van der Waals surface area contributed by atoms with Gasteiger partial charge in [0.05, 0.1) is 38.2 Å². The molecule has 13 heteroatoms. The minimum absolute atomic E-state index is 0.175. The van der Waals surface area contributed by atoms with Crippen LogP contribution in [0.3, 0.4) is 0 Å². The lowest BCUT2D eigenvalue weighted by Gasteiger charge is -2.33. The van der Waals surface area contributed by atoms with Crippen LogP contribution in [0.4, 0.5) is 17.6 Å². The molecule has 0 bridgehead atoms. The number of carbonyl (C=O) groups excluding carboxylic acids is 2. The van der Waals surface area contributed by atoms with E-state index in [-0.39, 0.29) is 5.56 Å². The second-order valence-electron chi connectivity index (χ2n) is 8.98. The highest BCUT2D eigenvalue weighted by atomic mass is 19.3. The summed E-state index contributed by atoms with van der Waals surface area (Å²) < 4.78 is 61.9. The SMILES string of the molecule is Cn1ccc(C(C(=O)NCC2CC2)N(CC(O)c2ccoc2)C(=O)CCOCC(F)(F)C(F)F)cc1=O. The third-order valence-electron chi connectivity index (χ3n) is 5.96. The monoisotopic (exact) mass is 531 g/mol. The first-order valence-electron chi connectivity index (χ1n) is 11.7. The van der Waals surface area contributed by atoms with Gasteiger partial charge < -0.3 is 29.0 Å². The molecular weight excluding hydrogens is 502 g/mol. The maximum atomic E-state index is 13.3. The first kappa shape index (κ1) is 28.4. The Kier molecular flexibility index (Phi) is 9.49. The fourth-order valence-corrected chi connectivity index (χ4v) is 3.55. The molecule has 2 N–H and O–H groups in total. The Hall–Kier alpha value is -3.19. The highest BCUT2D eigenvalue weighted by Crippen LogP contribution is 2.29. The van der Waals surface area contributed by atoms with Crippen molar-refractivity contribution in [2.75, 3.05) is 26.3 Å². The Morgan fingerprint density at radius 3 is 2.62 bits per heavy atom. The molecule has 3 rings (SSSR count). The smallest absolute Gasteiger partial charge is 0.330 e. The molecule has 0 radical (unpaired) electrons. The van der Waals surface area contributed by atoms with Crippen LogP contribution in [0.25, 0.3) is 0 Å². The lowest BCUT2D eigenvalue weighted by Crippen LogP contribution is -2.46. The van der Waals surface area contributed by atoms with Gasteiger partial charge >= 0.3 is 12.3 Å². The van der Waals surface area contributed by atoms with Gasteiger partial charge in [0.1, 0.15) is 12.6 Å². The number of alkyl halides is 4. The Morgan fingerprint density at radius 2 is 2.03 bits per heavy atom. The highest BCUT2D eigenvalue weighted by Gasteiger charge is 2.41. The summed E-state index contributed by atoms with van der Waals surface area (Å²) in [6.45, 7) is -2.28. The molecule has 1 aliphatic rings. The van der Waals surface area contributed by atoms with E-state index in [2.05, 4.69) is 10.1 Å². The number of halogens is 4. The summed E-state index contributed by atoms with van der Waals surface area (Å²) in [4.78, 5) is 39.9. The average molecular weight is 532 g/mol. The van der Waals surface area contributed by atoms with Gasteiger partial charge in [-0.05, 0) is 36.5 Å². The van der Waals surface area contributed by atoms with Crippen molar-refractivity contribution in [2.45, 2.75) is 43.8 Å². The lowest BCUT2D eigenvalue weighted by molar-refractivity contribution is -0.167. The van der Waals surface area contributed by atoms with Crippen LogP contribution >= 0.6 is 0 Å². The second-order valence-corrected chi connectivity index (χ2v) is 8.98. The molecule has 0 aromatic carbocycles. The highest BCUT2D eigenvalue weighted by molar-refractivity contribution is 5.88. The van der Waals surface area contributed by atoms with Gasteiger partial charge in [0.2, 0.25) is 11.8 Å². The van der Waals surface area contributed by atoms with E-state index in [1.54, 1.807) is 0 Å². The van der Waals surface area contributed by atoms with Crippen molar-refractivity contribution in [1.82, 2.24) is 14.8 Å². The molecule has 0 spiro atoms. The summed E-state index contributed by atoms with van der Waals surface area (Å²) >= 11 is 0. The number of pyridine rings is 1. The number of nitrogens with zero attached hydrogens (tertiary/aromatic N) is 2. The molecule has 1 aliphatic carbocycles. The van der Waals surface area contributed by atoms with Crippen molar-refractivity contribution in [1.29, 1.82) is 0 Å². The largest absolute Gasteiger partial charge is 0.472 e. The molecule has 0 aliphatic heterocycles. The number of aliphatic hydroxyl groups is 1. The van der Waals surface area contributed by atoms with E-state index in [9.17, 15) is 37.1 Å². The topological polar surface area (TPSA) is 114 Å². The zero-order valence-corrected chi connectivity index (χ0v) is 20.1. The summed E-state index contributed by atoms with van der Waals surface area (Å²) in [5, 5.41) is 13.5. The number of nitrogens with one attached hydrogen (secondary N) is 1. The minimum atomic E-state index is -4.38. The number of furan rings is 1. The van der Waals surface area contributed by atoms with Gasteiger partial charge in [0.15, 0.2) is 0 Å². The molecule has 1 fully saturated rings. The van der Waals surface area contributed by atoms with Crippen LogP contribution < -0.4 is 10.9 Å². The normalized spacial score (nSPS) is 15.4. The molecule has 2 aromatic heterocycles. The predicted molar refractivity (Wildman–Crippen MR) is 122 cm³/mol. The van der Waals surface area contributed by atoms with E-state index < -0.39 is 68.0 Å². The molecule has 2 atom stereocenters. The van der Waals surface area contributed by atoms with Crippen LogP contribution in [-0.4, -0.2) is 65.0 Å². The predicted octanol–water partition coefficient (Wildman–Crippen LogP) is 2.41. The molecule has 2 heterocycles. The molecule has 0 saturated heterocycles. The standard InChI is InChI=1S/C24H29F4N3O6/c1-30-7-4-16(10-20(30)34)21(22(35)29-11-15-2-3-15)31(12-18(32)17-5-8-36-13-17)19(33)6-9-37-14-24(27,28)23(25)26/h4-5,7-8,10,13,15,18,21,23,32H,2-3,6,9,11-12,14H2,1H3,(H,29,35). The summed E-state index contributed by atoms with van der Waals surface area (Å²) in [5.74, 6) is -5.46. The number of carbonyl (C=O) groups is 2. The lowest BCUT2D eigenvalue weighted by atomic mass is 10.0. The summed E-state index contributed by atoms with van der Waals surface area (Å²) in [6.07, 6.45) is 0.102. The van der Waals surface area contributed by atoms with E-state index in [1.807, 2.05) is 0 Å². The van der Waals surface area contributed by atoms with E-state index in [0.717, 1.165) is 17.7 Å². The van der Waals surface area contributed by atoms with Gasteiger partial charge in [-0.15, -0.1) is 0 Å². The van der Waals surface area contributed by atoms with E-state index in [0.29, 0.717) is 18.0 Å². The van der Waals surface area contributed by atoms with Gasteiger partial charge in [-0.3, -0.25) is 14.4 Å². The molecule has 2 amide bonds. The number of hydrogen-bond acceptors (Lipinski definition) is 6. The average Bonchev–Trinajstić information content (AvgIpc) is 3.51. The van der Waals surface area contributed by atoms with Crippen molar-refractivity contribution in [3.8, 4) is 0 Å². The number of rotatable bonds is 14. The summed E-state index contributed by atoms with van der Waals surface area (Å²) in [6, 6.07) is 2.78. The Bertz CT molecular complexity index is 1100. The zero-order chi connectivity index (χ0) is 27.2. The van der Waals surface area contributed by atoms with Crippen LogP contribution in [0.5, 0.6) is 0 Å². The van der Waals surface area contributed by atoms with Crippen LogP contribution in [0.1, 0.15) is 42.5 Å². The third kappa shape index (κ3) is 7.89. The molecule has 2 aromatic rings. The second kappa shape index (κ2) is 12.4. The molecular formula is C24H29F4N3O6.